The monoisotopic (exact) mass is 425 g/mol. The van der Waals surface area contributed by atoms with Gasteiger partial charge in [-0.15, -0.1) is 36.2 Å². The second-order valence-electron chi connectivity index (χ2n) is 5.41. The maximum Gasteiger partial charge on any atom is 0.255 e. The Kier molecular flexibility index (Phi) is 10.2. The van der Waals surface area contributed by atoms with Crippen LogP contribution in [0.1, 0.15) is 40.8 Å². The van der Waals surface area contributed by atoms with Gasteiger partial charge in [0.2, 0.25) is 0 Å². The summed E-state index contributed by atoms with van der Waals surface area (Å²) in [6, 6.07) is 3.07. The Morgan fingerprint density at radius 3 is 2.64 bits per heavy atom. The Labute approximate surface area is 169 Å². The number of hydrogen-bond acceptors (Lipinski definition) is 5. The van der Waals surface area contributed by atoms with E-state index >= 15 is 0 Å². The van der Waals surface area contributed by atoms with Crippen molar-refractivity contribution in [1.82, 2.24) is 10.3 Å². The van der Waals surface area contributed by atoms with Crippen molar-refractivity contribution in [3.8, 4) is 5.75 Å². The molecular weight excluding hydrogens is 405 g/mol. The van der Waals surface area contributed by atoms with Crippen LogP contribution in [-0.4, -0.2) is 24.5 Å². The van der Waals surface area contributed by atoms with E-state index < -0.39 is 0 Å². The molecule has 1 amide bonds. The lowest BCUT2D eigenvalue weighted by molar-refractivity contribution is 0.0951. The number of nitrogens with two attached hydrogens (primary N) is 1. The Morgan fingerprint density at radius 1 is 1.40 bits per heavy atom. The molecule has 0 aliphatic rings. The van der Waals surface area contributed by atoms with E-state index in [0.717, 1.165) is 10.7 Å². The van der Waals surface area contributed by atoms with Crippen LogP contribution in [0.15, 0.2) is 17.5 Å². The first-order chi connectivity index (χ1) is 10.9. The van der Waals surface area contributed by atoms with Gasteiger partial charge in [0.05, 0.1) is 34.1 Å². The summed E-state index contributed by atoms with van der Waals surface area (Å²) < 4.78 is 5.19. The number of benzene rings is 1. The van der Waals surface area contributed by atoms with Gasteiger partial charge in [0.25, 0.3) is 5.91 Å². The van der Waals surface area contributed by atoms with E-state index in [9.17, 15) is 4.79 Å². The standard InChI is InChI=1S/C16H20ClN3O2S.2ClH/c1-9(2)16-20-10(8-23-16)4-5-19-15(21)11-6-12(17)13(18)7-14(11)22-3;;/h6-9H,4-5,18H2,1-3H3,(H,19,21);2*1H. The first-order valence-corrected chi connectivity index (χ1v) is 8.53. The zero-order chi connectivity index (χ0) is 17.0. The number of hydrogen-bond donors (Lipinski definition) is 2. The maximum absolute atomic E-state index is 12.3. The van der Waals surface area contributed by atoms with Crippen molar-refractivity contribution in [1.29, 1.82) is 0 Å². The van der Waals surface area contributed by atoms with Crippen LogP contribution < -0.4 is 15.8 Å². The summed E-state index contributed by atoms with van der Waals surface area (Å²) in [5.74, 6) is 0.577. The van der Waals surface area contributed by atoms with Crippen LogP contribution in [-0.2, 0) is 6.42 Å². The summed E-state index contributed by atoms with van der Waals surface area (Å²) in [5.41, 5.74) is 7.45. The molecule has 1 aromatic carbocycles. The van der Waals surface area contributed by atoms with Gasteiger partial charge in [-0.25, -0.2) is 4.98 Å². The van der Waals surface area contributed by atoms with Gasteiger partial charge < -0.3 is 15.8 Å². The second-order valence-corrected chi connectivity index (χ2v) is 6.71. The van der Waals surface area contributed by atoms with E-state index in [4.69, 9.17) is 22.1 Å². The van der Waals surface area contributed by atoms with Crippen LogP contribution in [0.3, 0.4) is 0 Å². The summed E-state index contributed by atoms with van der Waals surface area (Å²) in [5, 5.41) is 6.32. The van der Waals surface area contributed by atoms with Crippen LogP contribution in [0.4, 0.5) is 5.69 Å². The molecular formula is C16H22Cl3N3O2S. The van der Waals surface area contributed by atoms with Crippen molar-refractivity contribution >= 4 is 59.3 Å². The number of amides is 1. The lowest BCUT2D eigenvalue weighted by Crippen LogP contribution is -2.26. The molecule has 0 aliphatic carbocycles. The third-order valence-electron chi connectivity index (χ3n) is 3.29. The molecule has 3 N–H and O–H groups in total. The number of nitrogens with one attached hydrogen (secondary N) is 1. The quantitative estimate of drug-likeness (QED) is 0.674. The molecule has 140 valence electrons. The zero-order valence-electron chi connectivity index (χ0n) is 14.2. The summed E-state index contributed by atoms with van der Waals surface area (Å²) >= 11 is 7.63. The number of ether oxygens (including phenoxy) is 1. The number of carbonyl (C=O) groups excluding carboxylic acids is 1. The Hall–Kier alpha value is -1.21. The normalized spacial score (nSPS) is 9.96. The van der Waals surface area contributed by atoms with E-state index in [1.807, 2.05) is 5.38 Å². The van der Waals surface area contributed by atoms with Crippen LogP contribution in [0.25, 0.3) is 0 Å². The highest BCUT2D eigenvalue weighted by Crippen LogP contribution is 2.28. The van der Waals surface area contributed by atoms with Gasteiger partial charge in [-0.1, -0.05) is 25.4 Å². The number of carbonyl (C=O) groups is 1. The summed E-state index contributed by atoms with van der Waals surface area (Å²) in [6.07, 6.45) is 0.681. The molecule has 0 fully saturated rings. The number of thiazole rings is 1. The zero-order valence-corrected chi connectivity index (χ0v) is 17.4. The molecule has 0 aliphatic heterocycles. The van der Waals surface area contributed by atoms with Gasteiger partial charge in [0.15, 0.2) is 0 Å². The minimum absolute atomic E-state index is 0. The van der Waals surface area contributed by atoms with Crippen molar-refractivity contribution in [3.05, 3.63) is 38.8 Å². The van der Waals surface area contributed by atoms with Gasteiger partial charge in [-0.05, 0) is 6.07 Å². The third-order valence-corrected chi connectivity index (χ3v) is 4.81. The van der Waals surface area contributed by atoms with Crippen molar-refractivity contribution in [2.75, 3.05) is 19.4 Å². The van der Waals surface area contributed by atoms with E-state index in [1.165, 1.54) is 13.2 Å². The average Bonchev–Trinajstić information content (AvgIpc) is 2.98. The molecule has 0 radical (unpaired) electrons. The number of rotatable bonds is 6. The Bertz CT molecular complexity index is 708. The van der Waals surface area contributed by atoms with Crippen molar-refractivity contribution < 1.29 is 9.53 Å². The number of aromatic nitrogens is 1. The van der Waals surface area contributed by atoms with E-state index in [-0.39, 0.29) is 30.7 Å². The average molecular weight is 427 g/mol. The summed E-state index contributed by atoms with van der Waals surface area (Å²) in [4.78, 5) is 16.8. The molecule has 0 atom stereocenters. The molecule has 0 unspecified atom stereocenters. The van der Waals surface area contributed by atoms with Crippen LogP contribution in [0, 0.1) is 0 Å². The first kappa shape index (κ1) is 23.8. The fourth-order valence-corrected chi connectivity index (χ4v) is 3.05. The molecule has 1 aromatic heterocycles. The minimum Gasteiger partial charge on any atom is -0.496 e. The summed E-state index contributed by atoms with van der Waals surface area (Å²) in [7, 11) is 1.49. The molecule has 5 nitrogen and oxygen atoms in total. The lowest BCUT2D eigenvalue weighted by Gasteiger charge is -2.11. The molecule has 1 heterocycles. The predicted molar refractivity (Wildman–Crippen MR) is 109 cm³/mol. The van der Waals surface area contributed by atoms with Gasteiger partial charge in [-0.2, -0.15) is 0 Å². The fraction of sp³-hybridized carbons (Fsp3) is 0.375. The lowest BCUT2D eigenvalue weighted by atomic mass is 10.1. The van der Waals surface area contributed by atoms with E-state index in [1.54, 1.807) is 17.4 Å². The van der Waals surface area contributed by atoms with Crippen molar-refractivity contribution in [2.45, 2.75) is 26.2 Å². The molecule has 0 bridgehead atoms. The Morgan fingerprint density at radius 2 is 2.08 bits per heavy atom. The number of anilines is 1. The molecule has 2 rings (SSSR count). The highest BCUT2D eigenvalue weighted by atomic mass is 35.5. The molecule has 0 spiro atoms. The number of nitrogen functional groups attached to an aromatic ring is 1. The van der Waals surface area contributed by atoms with Crippen molar-refractivity contribution in [2.24, 2.45) is 0 Å². The smallest absolute Gasteiger partial charge is 0.255 e. The maximum atomic E-state index is 12.3. The van der Waals surface area contributed by atoms with Crippen LogP contribution in [0.5, 0.6) is 5.75 Å². The van der Waals surface area contributed by atoms with Gasteiger partial charge >= 0.3 is 0 Å². The van der Waals surface area contributed by atoms with E-state index in [2.05, 4.69) is 24.1 Å². The van der Waals surface area contributed by atoms with Gasteiger partial charge in [0.1, 0.15) is 5.75 Å². The number of methoxy groups -OCH3 is 1. The predicted octanol–water partition coefficient (Wildman–Crippen LogP) is 4.33. The van der Waals surface area contributed by atoms with Crippen LogP contribution >= 0.6 is 47.8 Å². The first-order valence-electron chi connectivity index (χ1n) is 7.28. The van der Waals surface area contributed by atoms with Gasteiger partial charge in [0, 0.05) is 30.3 Å². The molecule has 0 saturated heterocycles. The van der Waals surface area contributed by atoms with Crippen molar-refractivity contribution in [3.63, 3.8) is 0 Å². The van der Waals surface area contributed by atoms with Crippen LogP contribution in [0.2, 0.25) is 5.02 Å². The molecule has 0 saturated carbocycles. The molecule has 9 heteroatoms. The fourth-order valence-electron chi connectivity index (χ4n) is 2.02. The van der Waals surface area contributed by atoms with Gasteiger partial charge in [-0.3, -0.25) is 4.79 Å². The molecule has 25 heavy (non-hydrogen) atoms. The summed E-state index contributed by atoms with van der Waals surface area (Å²) in [6.45, 7) is 4.72. The number of nitrogens with zero attached hydrogens (tertiary/aromatic N) is 1. The Balaban J connectivity index is 0.00000288. The largest absolute Gasteiger partial charge is 0.496 e. The topological polar surface area (TPSA) is 77.2 Å². The SMILES string of the molecule is COc1cc(N)c(Cl)cc1C(=O)NCCc1csc(C(C)C)n1.Cl.Cl. The highest BCUT2D eigenvalue weighted by molar-refractivity contribution is 7.09. The molecule has 2 aromatic rings. The minimum atomic E-state index is -0.247. The highest BCUT2D eigenvalue weighted by Gasteiger charge is 2.15. The third kappa shape index (κ3) is 6.22. The number of halogens is 3. The second kappa shape index (κ2) is 10.7. The van der Waals surface area contributed by atoms with E-state index in [0.29, 0.717) is 40.9 Å².